The predicted octanol–water partition coefficient (Wildman–Crippen LogP) is 5.01. The van der Waals surface area contributed by atoms with Gasteiger partial charge in [-0.25, -0.2) is 0 Å². The van der Waals surface area contributed by atoms with Crippen LogP contribution >= 0.6 is 0 Å². The number of hydrogen-bond donors (Lipinski definition) is 0. The van der Waals surface area contributed by atoms with Gasteiger partial charge in [-0.05, 0) is 72.9 Å². The molecule has 5 rings (SSSR count). The summed E-state index contributed by atoms with van der Waals surface area (Å²) >= 11 is 0. The van der Waals surface area contributed by atoms with Crippen LogP contribution in [0.25, 0.3) is 0 Å². The molecule has 3 unspecified atom stereocenters. The van der Waals surface area contributed by atoms with Crippen molar-refractivity contribution in [2.24, 2.45) is 0 Å². The number of carbonyl (C=O) groups is 1. The Balaban J connectivity index is 1.02. The van der Waals surface area contributed by atoms with Gasteiger partial charge in [0.15, 0.2) is 0 Å². The molecule has 182 valence electrons. The molecule has 6 nitrogen and oxygen atoms in total. The molecule has 0 aromatic heterocycles. The lowest BCUT2D eigenvalue weighted by atomic mass is 9.82. The maximum absolute atomic E-state index is 12.6. The maximum atomic E-state index is 12.6. The molecule has 3 aliphatic rings. The standard InChI is InChI=1S/C28H34O6/c1-19(20-2-8-23(9-3-20)30-15-26-17-32-26)14-28(29)34-25-12-6-22(7-13-25)21-4-10-24(11-5-21)31-16-27-18-33-27/h2-5,8-11,19,22,25-27H,6-7,12-18H2,1H3. The molecule has 2 heterocycles. The van der Waals surface area contributed by atoms with E-state index in [0.717, 1.165) is 56.0 Å². The Hall–Kier alpha value is -2.57. The van der Waals surface area contributed by atoms with E-state index in [9.17, 15) is 4.79 Å². The lowest BCUT2D eigenvalue weighted by Crippen LogP contribution is -2.24. The summed E-state index contributed by atoms with van der Waals surface area (Å²) in [7, 11) is 0. The minimum atomic E-state index is -0.108. The van der Waals surface area contributed by atoms with Crippen molar-refractivity contribution in [1.82, 2.24) is 0 Å². The summed E-state index contributed by atoms with van der Waals surface area (Å²) in [6.45, 7) is 4.89. The Morgan fingerprint density at radius 3 is 1.91 bits per heavy atom. The van der Waals surface area contributed by atoms with Crippen LogP contribution < -0.4 is 9.47 Å². The number of esters is 1. The molecule has 2 aromatic carbocycles. The molecule has 6 heteroatoms. The third-order valence-electron chi connectivity index (χ3n) is 6.92. The summed E-state index contributed by atoms with van der Waals surface area (Å²) in [6, 6.07) is 16.4. The second-order valence-electron chi connectivity index (χ2n) is 9.74. The van der Waals surface area contributed by atoms with Gasteiger partial charge in [0.1, 0.15) is 43.0 Å². The Labute approximate surface area is 201 Å². The van der Waals surface area contributed by atoms with Gasteiger partial charge in [-0.15, -0.1) is 0 Å². The first kappa shape index (κ1) is 23.2. The molecule has 0 radical (unpaired) electrons. The van der Waals surface area contributed by atoms with Crippen molar-refractivity contribution >= 4 is 5.97 Å². The molecule has 3 atom stereocenters. The van der Waals surface area contributed by atoms with Crippen molar-refractivity contribution in [3.63, 3.8) is 0 Å². The number of carbonyl (C=O) groups excluding carboxylic acids is 1. The second-order valence-corrected chi connectivity index (χ2v) is 9.74. The van der Waals surface area contributed by atoms with Crippen LogP contribution in [-0.2, 0) is 19.0 Å². The minimum absolute atomic E-state index is 0.0255. The zero-order valence-electron chi connectivity index (χ0n) is 19.8. The highest BCUT2D eigenvalue weighted by atomic mass is 16.6. The summed E-state index contributed by atoms with van der Waals surface area (Å²) in [5.41, 5.74) is 2.46. The zero-order chi connectivity index (χ0) is 23.3. The van der Waals surface area contributed by atoms with Crippen LogP contribution in [-0.4, -0.2) is 50.7 Å². The van der Waals surface area contributed by atoms with Gasteiger partial charge in [-0.3, -0.25) is 4.79 Å². The number of benzene rings is 2. The lowest BCUT2D eigenvalue weighted by Gasteiger charge is -2.29. The predicted molar refractivity (Wildman–Crippen MR) is 127 cm³/mol. The number of hydrogen-bond acceptors (Lipinski definition) is 6. The van der Waals surface area contributed by atoms with E-state index in [1.54, 1.807) is 0 Å². The van der Waals surface area contributed by atoms with Gasteiger partial charge in [0.05, 0.1) is 19.6 Å². The van der Waals surface area contributed by atoms with E-state index in [2.05, 4.69) is 19.1 Å². The summed E-state index contributed by atoms with van der Waals surface area (Å²) in [5.74, 6) is 2.24. The fraction of sp³-hybridized carbons (Fsp3) is 0.536. The van der Waals surface area contributed by atoms with Crippen LogP contribution in [0.2, 0.25) is 0 Å². The first-order chi connectivity index (χ1) is 16.6. The van der Waals surface area contributed by atoms with Crippen LogP contribution in [0, 0.1) is 0 Å². The van der Waals surface area contributed by atoms with Crippen LogP contribution in [0.4, 0.5) is 0 Å². The molecule has 0 spiro atoms. The molecule has 34 heavy (non-hydrogen) atoms. The van der Waals surface area contributed by atoms with Crippen molar-refractivity contribution in [3.8, 4) is 11.5 Å². The van der Waals surface area contributed by atoms with E-state index >= 15 is 0 Å². The largest absolute Gasteiger partial charge is 0.491 e. The smallest absolute Gasteiger partial charge is 0.306 e. The van der Waals surface area contributed by atoms with Crippen LogP contribution in [0.15, 0.2) is 48.5 Å². The molecule has 1 saturated carbocycles. The van der Waals surface area contributed by atoms with Gasteiger partial charge in [0.25, 0.3) is 0 Å². The normalized spacial score (nSPS) is 26.4. The highest BCUT2D eigenvalue weighted by Gasteiger charge is 2.26. The Morgan fingerprint density at radius 2 is 1.38 bits per heavy atom. The monoisotopic (exact) mass is 466 g/mol. The molecule has 0 N–H and O–H groups in total. The minimum Gasteiger partial charge on any atom is -0.491 e. The molecule has 2 aromatic rings. The summed E-state index contributed by atoms with van der Waals surface area (Å²) < 4.78 is 27.6. The molecular weight excluding hydrogens is 432 g/mol. The third kappa shape index (κ3) is 6.73. The first-order valence-corrected chi connectivity index (χ1v) is 12.5. The van der Waals surface area contributed by atoms with E-state index in [4.69, 9.17) is 23.7 Å². The molecule has 2 saturated heterocycles. The molecular formula is C28H34O6. The fourth-order valence-corrected chi connectivity index (χ4v) is 4.55. The average Bonchev–Trinajstić information content (AvgIpc) is 3.78. The van der Waals surface area contributed by atoms with Crippen LogP contribution in [0.1, 0.15) is 62.0 Å². The summed E-state index contributed by atoms with van der Waals surface area (Å²) in [5, 5.41) is 0. The van der Waals surface area contributed by atoms with Crippen molar-refractivity contribution in [2.45, 2.75) is 69.2 Å². The van der Waals surface area contributed by atoms with Crippen molar-refractivity contribution in [1.29, 1.82) is 0 Å². The number of epoxide rings is 2. The van der Waals surface area contributed by atoms with Gasteiger partial charge >= 0.3 is 5.97 Å². The van der Waals surface area contributed by atoms with Crippen LogP contribution in [0.5, 0.6) is 11.5 Å². The van der Waals surface area contributed by atoms with E-state index in [0.29, 0.717) is 25.6 Å². The SMILES string of the molecule is CC(CC(=O)OC1CCC(c2ccc(OCC3CO3)cc2)CC1)c1ccc(OCC2CO2)cc1. The molecule has 0 bridgehead atoms. The highest BCUT2D eigenvalue weighted by molar-refractivity contribution is 5.70. The average molecular weight is 467 g/mol. The quantitative estimate of drug-likeness (QED) is 0.343. The van der Waals surface area contributed by atoms with Gasteiger partial charge in [0.2, 0.25) is 0 Å². The first-order valence-electron chi connectivity index (χ1n) is 12.5. The topological polar surface area (TPSA) is 69.8 Å². The second kappa shape index (κ2) is 10.8. The Kier molecular flexibility index (Phi) is 7.36. The van der Waals surface area contributed by atoms with Gasteiger partial charge in [-0.1, -0.05) is 31.2 Å². The molecule has 1 aliphatic carbocycles. The van der Waals surface area contributed by atoms with Crippen molar-refractivity contribution < 1.29 is 28.5 Å². The van der Waals surface area contributed by atoms with Gasteiger partial charge in [-0.2, -0.15) is 0 Å². The zero-order valence-corrected chi connectivity index (χ0v) is 19.8. The van der Waals surface area contributed by atoms with Crippen molar-refractivity contribution in [3.05, 3.63) is 59.7 Å². The highest BCUT2D eigenvalue weighted by Crippen LogP contribution is 2.35. The fourth-order valence-electron chi connectivity index (χ4n) is 4.55. The van der Waals surface area contributed by atoms with E-state index in [1.165, 1.54) is 5.56 Å². The number of rotatable bonds is 11. The van der Waals surface area contributed by atoms with Gasteiger partial charge in [0, 0.05) is 0 Å². The van der Waals surface area contributed by atoms with E-state index in [1.807, 2.05) is 36.4 Å². The Morgan fingerprint density at radius 1 is 0.853 bits per heavy atom. The van der Waals surface area contributed by atoms with Crippen LogP contribution in [0.3, 0.4) is 0 Å². The third-order valence-corrected chi connectivity index (χ3v) is 6.92. The lowest BCUT2D eigenvalue weighted by molar-refractivity contribution is -0.151. The van der Waals surface area contributed by atoms with Crippen molar-refractivity contribution in [2.75, 3.05) is 26.4 Å². The molecule has 0 amide bonds. The van der Waals surface area contributed by atoms with E-state index < -0.39 is 0 Å². The summed E-state index contributed by atoms with van der Waals surface area (Å²) in [4.78, 5) is 12.6. The number of ether oxygens (including phenoxy) is 5. The van der Waals surface area contributed by atoms with E-state index in [-0.39, 0.29) is 30.2 Å². The Bertz CT molecular complexity index is 924. The maximum Gasteiger partial charge on any atom is 0.306 e. The molecule has 3 fully saturated rings. The van der Waals surface area contributed by atoms with Gasteiger partial charge < -0.3 is 23.7 Å². The summed E-state index contributed by atoms with van der Waals surface area (Å²) in [6.07, 6.45) is 4.84. The molecule has 2 aliphatic heterocycles.